The van der Waals surface area contributed by atoms with Crippen molar-refractivity contribution in [2.45, 2.75) is 69.6 Å². The first kappa shape index (κ1) is 19.4. The lowest BCUT2D eigenvalue weighted by molar-refractivity contribution is 0.312. The van der Waals surface area contributed by atoms with E-state index in [2.05, 4.69) is 30.8 Å². The van der Waals surface area contributed by atoms with Crippen molar-refractivity contribution in [2.75, 3.05) is 0 Å². The van der Waals surface area contributed by atoms with Crippen LogP contribution in [0.25, 0.3) is 0 Å². The van der Waals surface area contributed by atoms with Crippen LogP contribution in [0.3, 0.4) is 0 Å². The molecule has 28 heavy (non-hydrogen) atoms. The Morgan fingerprint density at radius 1 is 0.857 bits per heavy atom. The van der Waals surface area contributed by atoms with Crippen molar-refractivity contribution in [1.29, 1.82) is 0 Å². The van der Waals surface area contributed by atoms with Crippen molar-refractivity contribution >= 4 is 0 Å². The van der Waals surface area contributed by atoms with Gasteiger partial charge >= 0.3 is 0 Å². The highest BCUT2D eigenvalue weighted by Crippen LogP contribution is 2.39. The van der Waals surface area contributed by atoms with E-state index in [-0.39, 0.29) is 0 Å². The Kier molecular flexibility index (Phi) is 5.94. The molecule has 2 aromatic rings. The van der Waals surface area contributed by atoms with Gasteiger partial charge in [0, 0.05) is 0 Å². The van der Waals surface area contributed by atoms with Crippen LogP contribution in [0.2, 0.25) is 0 Å². The van der Waals surface area contributed by atoms with Gasteiger partial charge in [0.25, 0.3) is 0 Å². The van der Waals surface area contributed by atoms with Crippen LogP contribution in [0.4, 0.5) is 8.78 Å². The molecule has 4 rings (SSSR count). The summed E-state index contributed by atoms with van der Waals surface area (Å²) in [5.41, 5.74) is 4.35. The van der Waals surface area contributed by atoms with Crippen LogP contribution in [-0.2, 0) is 12.8 Å². The van der Waals surface area contributed by atoms with Crippen LogP contribution >= 0.6 is 0 Å². The van der Waals surface area contributed by atoms with Gasteiger partial charge in [0.1, 0.15) is 0 Å². The normalized spacial score (nSPS) is 24.6. The standard InChI is InChI=1S/C26H30F2/c1-2-3-4-18-5-7-19(8-6-18)20-9-11-21(12-10-20)22-13-15-24-23(17-22)14-16-25(27)26(24)28/h2,9-12,14,16,18-19,22H,1,3-8,13,15,17H2. The molecule has 2 heteroatoms. The summed E-state index contributed by atoms with van der Waals surface area (Å²) in [5, 5.41) is 0. The Morgan fingerprint density at radius 3 is 2.21 bits per heavy atom. The van der Waals surface area contributed by atoms with Crippen molar-refractivity contribution in [2.24, 2.45) is 5.92 Å². The Hall–Kier alpha value is -1.96. The largest absolute Gasteiger partial charge is 0.204 e. The molecule has 1 unspecified atom stereocenters. The molecule has 0 nitrogen and oxygen atoms in total. The number of fused-ring (bicyclic) bond motifs is 1. The van der Waals surface area contributed by atoms with Gasteiger partial charge in [0.15, 0.2) is 11.6 Å². The van der Waals surface area contributed by atoms with Crippen molar-refractivity contribution in [3.05, 3.63) is 82.9 Å². The molecule has 1 saturated carbocycles. The molecule has 1 fully saturated rings. The Balaban J connectivity index is 1.39. The zero-order valence-corrected chi connectivity index (χ0v) is 16.6. The van der Waals surface area contributed by atoms with Crippen molar-refractivity contribution in [3.8, 4) is 0 Å². The predicted octanol–water partition coefficient (Wildman–Crippen LogP) is 7.48. The Bertz CT molecular complexity index is 813. The minimum absolute atomic E-state index is 0.404. The molecule has 0 bridgehead atoms. The average molecular weight is 381 g/mol. The van der Waals surface area contributed by atoms with Gasteiger partial charge in [-0.3, -0.25) is 0 Å². The summed E-state index contributed by atoms with van der Waals surface area (Å²) in [6.45, 7) is 3.84. The molecule has 0 spiro atoms. The Labute approximate surface area is 167 Å². The number of benzene rings is 2. The van der Waals surface area contributed by atoms with Gasteiger partial charge in [0.2, 0.25) is 0 Å². The van der Waals surface area contributed by atoms with E-state index in [9.17, 15) is 8.78 Å². The quantitative estimate of drug-likeness (QED) is 0.472. The first-order chi connectivity index (χ1) is 13.7. The van der Waals surface area contributed by atoms with E-state index in [0.717, 1.165) is 30.7 Å². The van der Waals surface area contributed by atoms with Crippen molar-refractivity contribution < 1.29 is 8.78 Å². The number of hydrogen-bond donors (Lipinski definition) is 0. The van der Waals surface area contributed by atoms with E-state index < -0.39 is 11.6 Å². The average Bonchev–Trinajstić information content (AvgIpc) is 2.75. The van der Waals surface area contributed by atoms with Gasteiger partial charge < -0.3 is 0 Å². The zero-order valence-electron chi connectivity index (χ0n) is 16.6. The third-order valence-electron chi connectivity index (χ3n) is 7.01. The second-order valence-electron chi connectivity index (χ2n) is 8.69. The van der Waals surface area contributed by atoms with Crippen LogP contribution in [-0.4, -0.2) is 0 Å². The lowest BCUT2D eigenvalue weighted by Gasteiger charge is -2.29. The minimum Gasteiger partial charge on any atom is -0.204 e. The summed E-state index contributed by atoms with van der Waals surface area (Å²) in [5.74, 6) is 0.607. The molecule has 0 saturated heterocycles. The maximum Gasteiger partial charge on any atom is 0.162 e. The SMILES string of the molecule is C=CCCC1CCC(c2ccc(C3CCc4c(ccc(F)c4F)C3)cc2)CC1. The molecule has 2 aliphatic rings. The van der Waals surface area contributed by atoms with Gasteiger partial charge in [-0.2, -0.15) is 0 Å². The van der Waals surface area contributed by atoms with E-state index in [4.69, 9.17) is 0 Å². The molecule has 0 aliphatic heterocycles. The van der Waals surface area contributed by atoms with E-state index in [1.807, 2.05) is 6.08 Å². The molecule has 1 atom stereocenters. The molecule has 148 valence electrons. The van der Waals surface area contributed by atoms with Gasteiger partial charge in [-0.05, 0) is 104 Å². The van der Waals surface area contributed by atoms with Crippen LogP contribution in [0, 0.1) is 17.6 Å². The lowest BCUT2D eigenvalue weighted by Crippen LogP contribution is -2.15. The van der Waals surface area contributed by atoms with E-state index in [1.165, 1.54) is 49.3 Å². The summed E-state index contributed by atoms with van der Waals surface area (Å²) in [6.07, 6.45) is 12.1. The van der Waals surface area contributed by atoms with Crippen LogP contribution in [0.5, 0.6) is 0 Å². The number of hydrogen-bond acceptors (Lipinski definition) is 0. The van der Waals surface area contributed by atoms with Crippen LogP contribution in [0.1, 0.15) is 79.0 Å². The van der Waals surface area contributed by atoms with Gasteiger partial charge in [-0.25, -0.2) is 8.78 Å². The summed E-state index contributed by atoms with van der Waals surface area (Å²) >= 11 is 0. The fraction of sp³-hybridized carbons (Fsp3) is 0.462. The third kappa shape index (κ3) is 4.06. The van der Waals surface area contributed by atoms with E-state index in [1.54, 1.807) is 6.07 Å². The summed E-state index contributed by atoms with van der Waals surface area (Å²) in [4.78, 5) is 0. The molecule has 0 N–H and O–H groups in total. The molecule has 2 aromatic carbocycles. The second kappa shape index (κ2) is 8.59. The Morgan fingerprint density at radius 2 is 1.54 bits per heavy atom. The molecule has 0 amide bonds. The fourth-order valence-corrected chi connectivity index (χ4v) is 5.24. The molecule has 0 radical (unpaired) electrons. The first-order valence-electron chi connectivity index (χ1n) is 10.8. The maximum atomic E-state index is 14.0. The maximum absolute atomic E-state index is 14.0. The minimum atomic E-state index is -0.722. The summed E-state index contributed by atoms with van der Waals surface area (Å²) < 4.78 is 27.4. The molecular weight excluding hydrogens is 350 g/mol. The molecule has 2 aliphatic carbocycles. The van der Waals surface area contributed by atoms with Gasteiger partial charge in [-0.15, -0.1) is 6.58 Å². The van der Waals surface area contributed by atoms with Crippen molar-refractivity contribution in [3.63, 3.8) is 0 Å². The molecule has 0 aromatic heterocycles. The molecule has 0 heterocycles. The highest BCUT2D eigenvalue weighted by molar-refractivity contribution is 5.36. The van der Waals surface area contributed by atoms with E-state index >= 15 is 0 Å². The van der Waals surface area contributed by atoms with Crippen LogP contribution < -0.4 is 0 Å². The lowest BCUT2D eigenvalue weighted by atomic mass is 9.76. The van der Waals surface area contributed by atoms with Crippen molar-refractivity contribution in [1.82, 2.24) is 0 Å². The third-order valence-corrected chi connectivity index (χ3v) is 7.01. The smallest absolute Gasteiger partial charge is 0.162 e. The number of allylic oxidation sites excluding steroid dienone is 1. The van der Waals surface area contributed by atoms with E-state index in [0.29, 0.717) is 23.8 Å². The van der Waals surface area contributed by atoms with Gasteiger partial charge in [0.05, 0.1) is 0 Å². The number of halogens is 2. The zero-order chi connectivity index (χ0) is 19.5. The highest BCUT2D eigenvalue weighted by atomic mass is 19.2. The monoisotopic (exact) mass is 380 g/mol. The van der Waals surface area contributed by atoms with Crippen LogP contribution in [0.15, 0.2) is 49.1 Å². The second-order valence-corrected chi connectivity index (χ2v) is 8.69. The van der Waals surface area contributed by atoms with Gasteiger partial charge in [-0.1, -0.05) is 36.4 Å². The summed E-state index contributed by atoms with van der Waals surface area (Å²) in [7, 11) is 0. The summed E-state index contributed by atoms with van der Waals surface area (Å²) in [6, 6.07) is 12.2. The predicted molar refractivity (Wildman–Crippen MR) is 112 cm³/mol. The fourth-order valence-electron chi connectivity index (χ4n) is 5.24. The number of rotatable bonds is 5. The first-order valence-corrected chi connectivity index (χ1v) is 10.8. The topological polar surface area (TPSA) is 0 Å². The highest BCUT2D eigenvalue weighted by Gasteiger charge is 2.25. The molecular formula is C26H30F2.